The second-order valence-corrected chi connectivity index (χ2v) is 5.71. The molecule has 0 saturated carbocycles. The maximum atomic E-state index is 13.6. The van der Waals surface area contributed by atoms with Crippen LogP contribution in [0.15, 0.2) is 36.8 Å². The summed E-state index contributed by atoms with van der Waals surface area (Å²) in [5.41, 5.74) is 0.683. The summed E-state index contributed by atoms with van der Waals surface area (Å²) in [6.07, 6.45) is 6.25. The summed E-state index contributed by atoms with van der Waals surface area (Å²) in [6, 6.07) is 4.14. The average molecular weight is 330 g/mol. The Labute approximate surface area is 139 Å². The molecule has 0 spiro atoms. The molecule has 24 heavy (non-hydrogen) atoms. The molecule has 0 saturated heterocycles. The summed E-state index contributed by atoms with van der Waals surface area (Å²) in [4.78, 5) is 22.2. The van der Waals surface area contributed by atoms with Crippen molar-refractivity contribution >= 4 is 11.7 Å². The van der Waals surface area contributed by atoms with Crippen LogP contribution in [0, 0.1) is 5.82 Å². The van der Waals surface area contributed by atoms with Gasteiger partial charge in [0.1, 0.15) is 17.4 Å². The molecule has 1 aliphatic rings. The smallest absolute Gasteiger partial charge is 0.240 e. The van der Waals surface area contributed by atoms with Crippen LogP contribution in [0.25, 0.3) is 0 Å². The number of ether oxygens (including phenoxy) is 1. The SMILES string of the molecule is CN(CC(=O)N[C@H]1CCCOc2ccc(F)cc21)c1cnccn1. The maximum absolute atomic E-state index is 13.6. The van der Waals surface area contributed by atoms with E-state index in [4.69, 9.17) is 4.74 Å². The standard InChI is InChI=1S/C17H19FN4O2/c1-22(16-10-19-6-7-20-16)11-17(23)21-14-3-2-8-24-15-5-4-12(18)9-13(14)15/h4-7,9-10,14H,2-3,8,11H2,1H3,(H,21,23)/t14-/m0/s1. The molecule has 1 N–H and O–H groups in total. The molecule has 3 rings (SSSR count). The molecule has 1 atom stereocenters. The summed E-state index contributed by atoms with van der Waals surface area (Å²) >= 11 is 0. The number of fused-ring (bicyclic) bond motifs is 1. The van der Waals surface area contributed by atoms with Crippen LogP contribution in [0.3, 0.4) is 0 Å². The van der Waals surface area contributed by atoms with Crippen molar-refractivity contribution < 1.29 is 13.9 Å². The Morgan fingerprint density at radius 1 is 1.46 bits per heavy atom. The molecule has 0 radical (unpaired) electrons. The maximum Gasteiger partial charge on any atom is 0.240 e. The van der Waals surface area contributed by atoms with Gasteiger partial charge in [-0.1, -0.05) is 0 Å². The summed E-state index contributed by atoms with van der Waals surface area (Å²) in [5, 5.41) is 2.97. The zero-order valence-corrected chi connectivity index (χ0v) is 13.4. The molecule has 0 fully saturated rings. The van der Waals surface area contributed by atoms with Crippen molar-refractivity contribution in [3.63, 3.8) is 0 Å². The molecular formula is C17H19FN4O2. The predicted octanol–water partition coefficient (Wildman–Crippen LogP) is 2.08. The van der Waals surface area contributed by atoms with Gasteiger partial charge < -0.3 is 15.0 Å². The molecule has 0 unspecified atom stereocenters. The number of benzene rings is 1. The van der Waals surface area contributed by atoms with Crippen LogP contribution in [0.5, 0.6) is 5.75 Å². The minimum absolute atomic E-state index is 0.140. The van der Waals surface area contributed by atoms with Gasteiger partial charge in [-0.3, -0.25) is 9.78 Å². The number of aromatic nitrogens is 2. The van der Waals surface area contributed by atoms with Crippen LogP contribution in [-0.4, -0.2) is 36.1 Å². The minimum Gasteiger partial charge on any atom is -0.493 e. The summed E-state index contributed by atoms with van der Waals surface area (Å²) in [7, 11) is 1.77. The fraction of sp³-hybridized carbons (Fsp3) is 0.353. The largest absolute Gasteiger partial charge is 0.493 e. The van der Waals surface area contributed by atoms with Crippen LogP contribution < -0.4 is 15.0 Å². The minimum atomic E-state index is -0.338. The van der Waals surface area contributed by atoms with Gasteiger partial charge in [-0.05, 0) is 31.0 Å². The summed E-state index contributed by atoms with van der Waals surface area (Å²) < 4.78 is 19.2. The number of likely N-dealkylation sites (N-methyl/N-ethyl adjacent to an activating group) is 1. The van der Waals surface area contributed by atoms with Crippen molar-refractivity contribution in [2.24, 2.45) is 0 Å². The molecule has 126 valence electrons. The highest BCUT2D eigenvalue weighted by molar-refractivity contribution is 5.81. The first-order chi connectivity index (χ1) is 11.6. The van der Waals surface area contributed by atoms with Crippen molar-refractivity contribution in [3.05, 3.63) is 48.2 Å². The molecular weight excluding hydrogens is 311 g/mol. The van der Waals surface area contributed by atoms with Crippen molar-refractivity contribution in [1.29, 1.82) is 0 Å². The van der Waals surface area contributed by atoms with Gasteiger partial charge in [0.25, 0.3) is 0 Å². The van der Waals surface area contributed by atoms with E-state index in [0.717, 1.165) is 6.42 Å². The summed E-state index contributed by atoms with van der Waals surface area (Å²) in [5.74, 6) is 0.741. The van der Waals surface area contributed by atoms with Gasteiger partial charge in [-0.25, -0.2) is 9.37 Å². The van der Waals surface area contributed by atoms with E-state index in [9.17, 15) is 9.18 Å². The van der Waals surface area contributed by atoms with Crippen molar-refractivity contribution in [1.82, 2.24) is 15.3 Å². The van der Waals surface area contributed by atoms with Gasteiger partial charge in [0.2, 0.25) is 5.91 Å². The number of halogens is 1. The highest BCUT2D eigenvalue weighted by atomic mass is 19.1. The van der Waals surface area contributed by atoms with Crippen LogP contribution in [0.2, 0.25) is 0 Å². The number of carbonyl (C=O) groups is 1. The molecule has 2 heterocycles. The average Bonchev–Trinajstić information content (AvgIpc) is 2.78. The summed E-state index contributed by atoms with van der Waals surface area (Å²) in [6.45, 7) is 0.700. The number of hydrogen-bond acceptors (Lipinski definition) is 5. The third-order valence-corrected chi connectivity index (χ3v) is 3.90. The lowest BCUT2D eigenvalue weighted by Gasteiger charge is -2.21. The van der Waals surface area contributed by atoms with Gasteiger partial charge in [0.15, 0.2) is 0 Å². The lowest BCUT2D eigenvalue weighted by atomic mass is 10.0. The molecule has 1 aliphatic heterocycles. The number of rotatable bonds is 4. The Bertz CT molecular complexity index is 711. The number of hydrogen-bond donors (Lipinski definition) is 1. The van der Waals surface area contributed by atoms with Crippen LogP contribution >= 0.6 is 0 Å². The van der Waals surface area contributed by atoms with Crippen molar-refractivity contribution in [2.45, 2.75) is 18.9 Å². The molecule has 7 heteroatoms. The van der Waals surface area contributed by atoms with Gasteiger partial charge >= 0.3 is 0 Å². The zero-order valence-electron chi connectivity index (χ0n) is 13.4. The van der Waals surface area contributed by atoms with Crippen molar-refractivity contribution in [2.75, 3.05) is 25.1 Å². The van der Waals surface area contributed by atoms with Gasteiger partial charge in [-0.15, -0.1) is 0 Å². The Morgan fingerprint density at radius 3 is 3.12 bits per heavy atom. The highest BCUT2D eigenvalue weighted by Gasteiger charge is 2.22. The monoisotopic (exact) mass is 330 g/mol. The van der Waals surface area contributed by atoms with E-state index in [2.05, 4.69) is 15.3 Å². The number of anilines is 1. The van der Waals surface area contributed by atoms with E-state index in [1.807, 2.05) is 0 Å². The fourth-order valence-corrected chi connectivity index (χ4v) is 2.72. The number of nitrogens with one attached hydrogen (secondary N) is 1. The van der Waals surface area contributed by atoms with Crippen LogP contribution in [-0.2, 0) is 4.79 Å². The lowest BCUT2D eigenvalue weighted by Crippen LogP contribution is -2.37. The van der Waals surface area contributed by atoms with Crippen LogP contribution in [0.4, 0.5) is 10.2 Å². The van der Waals surface area contributed by atoms with Gasteiger partial charge in [0, 0.05) is 25.0 Å². The molecule has 1 aromatic heterocycles. The zero-order chi connectivity index (χ0) is 16.9. The Morgan fingerprint density at radius 2 is 2.33 bits per heavy atom. The molecule has 2 aromatic rings. The number of nitrogens with zero attached hydrogens (tertiary/aromatic N) is 3. The highest BCUT2D eigenvalue weighted by Crippen LogP contribution is 2.32. The number of amides is 1. The molecule has 0 bridgehead atoms. The Hall–Kier alpha value is -2.70. The van der Waals surface area contributed by atoms with Crippen LogP contribution in [0.1, 0.15) is 24.4 Å². The van der Waals surface area contributed by atoms with E-state index in [1.54, 1.807) is 36.6 Å². The molecule has 1 amide bonds. The first kappa shape index (κ1) is 16.2. The van der Waals surface area contributed by atoms with E-state index >= 15 is 0 Å². The molecule has 1 aromatic carbocycles. The normalized spacial score (nSPS) is 16.5. The molecule has 0 aliphatic carbocycles. The van der Waals surface area contributed by atoms with E-state index in [-0.39, 0.29) is 24.3 Å². The predicted molar refractivity (Wildman–Crippen MR) is 87.3 cm³/mol. The quantitative estimate of drug-likeness (QED) is 0.930. The van der Waals surface area contributed by atoms with E-state index in [0.29, 0.717) is 30.2 Å². The number of carbonyl (C=O) groups excluding carboxylic acids is 1. The topological polar surface area (TPSA) is 67.4 Å². The van der Waals surface area contributed by atoms with E-state index in [1.165, 1.54) is 12.1 Å². The Kier molecular flexibility index (Phi) is 4.88. The van der Waals surface area contributed by atoms with E-state index < -0.39 is 0 Å². The lowest BCUT2D eigenvalue weighted by molar-refractivity contribution is -0.120. The first-order valence-electron chi connectivity index (χ1n) is 7.82. The third kappa shape index (κ3) is 3.79. The second kappa shape index (κ2) is 7.25. The third-order valence-electron chi connectivity index (χ3n) is 3.90. The first-order valence-corrected chi connectivity index (χ1v) is 7.82. The fourth-order valence-electron chi connectivity index (χ4n) is 2.72. The Balaban J connectivity index is 1.69. The van der Waals surface area contributed by atoms with Gasteiger partial charge in [0.05, 0.1) is 25.4 Å². The van der Waals surface area contributed by atoms with Gasteiger partial charge in [-0.2, -0.15) is 0 Å². The van der Waals surface area contributed by atoms with Crippen molar-refractivity contribution in [3.8, 4) is 5.75 Å². The molecule has 6 nitrogen and oxygen atoms in total. The second-order valence-electron chi connectivity index (χ2n) is 5.71.